The fourth-order valence-corrected chi connectivity index (χ4v) is 8.86. The largest absolute Gasteiger partial charge is 0.352 e. The molecule has 0 aromatic rings. The fraction of sp³-hybridized carbons (Fsp3) is 0.938. The maximum absolute atomic E-state index is 12.2. The van der Waals surface area contributed by atoms with Crippen molar-refractivity contribution in [3.8, 4) is 0 Å². The summed E-state index contributed by atoms with van der Waals surface area (Å²) >= 11 is 1.86. The summed E-state index contributed by atoms with van der Waals surface area (Å²) in [6.45, 7) is 0. The number of amides is 1. The maximum Gasteiger partial charge on any atom is 0.230 e. The molecule has 5 rings (SSSR count). The van der Waals surface area contributed by atoms with Crippen LogP contribution in [0.25, 0.3) is 0 Å². The van der Waals surface area contributed by atoms with Crippen LogP contribution in [-0.2, 0) is 14.6 Å². The number of hydrogen-bond donors (Lipinski definition) is 1. The highest BCUT2D eigenvalue weighted by molar-refractivity contribution is 8.01. The van der Waals surface area contributed by atoms with E-state index in [2.05, 4.69) is 5.32 Å². The Morgan fingerprint density at radius 1 is 1.09 bits per heavy atom. The quantitative estimate of drug-likeness (QED) is 0.848. The van der Waals surface area contributed by atoms with Crippen LogP contribution in [0.4, 0.5) is 0 Å². The Labute approximate surface area is 137 Å². The maximum atomic E-state index is 12.2. The fourth-order valence-electron chi connectivity index (χ4n) is 5.60. The van der Waals surface area contributed by atoms with Gasteiger partial charge in [-0.15, -0.1) is 11.8 Å². The Hall–Kier alpha value is -0.230. The molecule has 1 aliphatic heterocycles. The van der Waals surface area contributed by atoms with E-state index in [1.807, 2.05) is 11.8 Å². The van der Waals surface area contributed by atoms with Gasteiger partial charge in [0.05, 0.1) is 17.3 Å². The lowest BCUT2D eigenvalue weighted by Gasteiger charge is -2.56. The molecule has 4 aliphatic carbocycles. The van der Waals surface area contributed by atoms with Gasteiger partial charge >= 0.3 is 0 Å². The summed E-state index contributed by atoms with van der Waals surface area (Å²) in [6.07, 6.45) is 8.75. The van der Waals surface area contributed by atoms with Crippen molar-refractivity contribution in [2.24, 2.45) is 17.8 Å². The first kappa shape index (κ1) is 15.3. The number of rotatable bonds is 4. The van der Waals surface area contributed by atoms with E-state index < -0.39 is 9.84 Å². The van der Waals surface area contributed by atoms with Gasteiger partial charge in [0.15, 0.2) is 9.84 Å². The number of carbonyl (C=O) groups excluding carboxylic acids is 1. The molecule has 1 saturated heterocycles. The molecule has 4 saturated carbocycles. The topological polar surface area (TPSA) is 63.2 Å². The third-order valence-corrected chi connectivity index (χ3v) is 9.38. The van der Waals surface area contributed by atoms with E-state index in [-0.39, 0.29) is 23.5 Å². The van der Waals surface area contributed by atoms with Crippen LogP contribution in [0.1, 0.15) is 44.9 Å². The van der Waals surface area contributed by atoms with Gasteiger partial charge in [-0.3, -0.25) is 4.79 Å². The van der Waals surface area contributed by atoms with E-state index in [0.717, 1.165) is 17.8 Å². The van der Waals surface area contributed by atoms with Gasteiger partial charge in [-0.2, -0.15) is 0 Å². The lowest BCUT2D eigenvalue weighted by atomic mass is 9.56. The average molecular weight is 344 g/mol. The first-order chi connectivity index (χ1) is 10.4. The highest BCUT2D eigenvalue weighted by Crippen LogP contribution is 2.60. The van der Waals surface area contributed by atoms with Crippen LogP contribution >= 0.6 is 11.8 Å². The van der Waals surface area contributed by atoms with Gasteiger partial charge in [-0.1, -0.05) is 0 Å². The molecule has 1 unspecified atom stereocenters. The Kier molecular flexibility index (Phi) is 3.76. The van der Waals surface area contributed by atoms with E-state index >= 15 is 0 Å². The standard InChI is InChI=1S/C16H25NO3S2/c18-15(17-14-1-2-22(19,20)10-14)9-21-16-6-11-3-12(7-16)5-13(4-11)8-16/h11-14H,1-10H2,(H,17,18). The van der Waals surface area contributed by atoms with Gasteiger partial charge in [0.25, 0.3) is 0 Å². The van der Waals surface area contributed by atoms with Gasteiger partial charge < -0.3 is 5.32 Å². The van der Waals surface area contributed by atoms with Crippen LogP contribution in [0.5, 0.6) is 0 Å². The van der Waals surface area contributed by atoms with Crippen molar-refractivity contribution in [1.82, 2.24) is 5.32 Å². The molecule has 4 bridgehead atoms. The van der Waals surface area contributed by atoms with Crippen LogP contribution in [0.3, 0.4) is 0 Å². The molecule has 4 nitrogen and oxygen atoms in total. The van der Waals surface area contributed by atoms with Crippen LogP contribution in [0, 0.1) is 17.8 Å². The molecule has 5 aliphatic rings. The SMILES string of the molecule is O=C(CSC12CC3CC(CC(C3)C1)C2)NC1CCS(=O)(=O)C1. The number of thioether (sulfide) groups is 1. The lowest BCUT2D eigenvalue weighted by molar-refractivity contribution is -0.119. The molecule has 0 spiro atoms. The first-order valence-electron chi connectivity index (χ1n) is 8.55. The van der Waals surface area contributed by atoms with Gasteiger partial charge in [-0.25, -0.2) is 8.42 Å². The normalized spacial score (nSPS) is 45.1. The summed E-state index contributed by atoms with van der Waals surface area (Å²) in [7, 11) is -2.91. The smallest absolute Gasteiger partial charge is 0.230 e. The molecule has 22 heavy (non-hydrogen) atoms. The third-order valence-electron chi connectivity index (χ3n) is 6.09. The van der Waals surface area contributed by atoms with E-state index in [9.17, 15) is 13.2 Å². The average Bonchev–Trinajstić information content (AvgIpc) is 2.74. The monoisotopic (exact) mass is 343 g/mol. The van der Waals surface area contributed by atoms with E-state index in [1.165, 1.54) is 38.5 Å². The highest BCUT2D eigenvalue weighted by Gasteiger charge is 2.51. The molecule has 1 amide bonds. The molecule has 0 aromatic carbocycles. The summed E-state index contributed by atoms with van der Waals surface area (Å²) in [5.41, 5.74) is 0. The van der Waals surface area contributed by atoms with Crippen molar-refractivity contribution < 1.29 is 13.2 Å². The zero-order valence-corrected chi connectivity index (χ0v) is 14.6. The zero-order valence-electron chi connectivity index (χ0n) is 12.9. The van der Waals surface area contributed by atoms with E-state index in [4.69, 9.17) is 0 Å². The minimum Gasteiger partial charge on any atom is -0.352 e. The highest BCUT2D eigenvalue weighted by atomic mass is 32.2. The predicted molar refractivity (Wildman–Crippen MR) is 88.6 cm³/mol. The van der Waals surface area contributed by atoms with E-state index in [1.54, 1.807) is 0 Å². The third kappa shape index (κ3) is 3.05. The molecule has 1 heterocycles. The first-order valence-corrected chi connectivity index (χ1v) is 11.4. The lowest BCUT2D eigenvalue weighted by Crippen LogP contribution is -2.49. The minimum absolute atomic E-state index is 0.0304. The van der Waals surface area contributed by atoms with Crippen LogP contribution in [0.15, 0.2) is 0 Å². The van der Waals surface area contributed by atoms with Gasteiger partial charge in [-0.05, 0) is 62.7 Å². The molecular formula is C16H25NO3S2. The molecule has 6 heteroatoms. The van der Waals surface area contributed by atoms with Crippen molar-refractivity contribution in [3.05, 3.63) is 0 Å². The van der Waals surface area contributed by atoms with Crippen molar-refractivity contribution in [2.75, 3.05) is 17.3 Å². The minimum atomic E-state index is -2.91. The van der Waals surface area contributed by atoms with Crippen LogP contribution in [-0.4, -0.2) is 42.4 Å². The molecular weight excluding hydrogens is 318 g/mol. The zero-order chi connectivity index (χ0) is 15.4. The molecule has 124 valence electrons. The molecule has 0 radical (unpaired) electrons. The molecule has 1 N–H and O–H groups in total. The van der Waals surface area contributed by atoms with Gasteiger partial charge in [0, 0.05) is 10.8 Å². The number of carbonyl (C=O) groups is 1. The Morgan fingerprint density at radius 3 is 2.18 bits per heavy atom. The molecule has 1 atom stereocenters. The number of nitrogens with one attached hydrogen (secondary N) is 1. The molecule has 5 fully saturated rings. The summed E-state index contributed by atoms with van der Waals surface area (Å²) in [5.74, 6) is 3.59. The molecule has 0 aromatic heterocycles. The second-order valence-electron chi connectivity index (χ2n) is 8.06. The Balaban J connectivity index is 1.30. The second-order valence-corrected chi connectivity index (χ2v) is 11.7. The Bertz CT molecular complexity index is 537. The van der Waals surface area contributed by atoms with Crippen molar-refractivity contribution >= 4 is 27.5 Å². The van der Waals surface area contributed by atoms with Crippen LogP contribution < -0.4 is 5.32 Å². The van der Waals surface area contributed by atoms with Crippen molar-refractivity contribution in [2.45, 2.75) is 55.7 Å². The predicted octanol–water partition coefficient (Wildman–Crippen LogP) is 1.99. The second kappa shape index (κ2) is 5.40. The summed E-state index contributed by atoms with van der Waals surface area (Å²) in [4.78, 5) is 12.2. The summed E-state index contributed by atoms with van der Waals surface area (Å²) < 4.78 is 23.3. The van der Waals surface area contributed by atoms with Crippen molar-refractivity contribution in [3.63, 3.8) is 0 Å². The van der Waals surface area contributed by atoms with Crippen LogP contribution in [0.2, 0.25) is 0 Å². The van der Waals surface area contributed by atoms with Crippen molar-refractivity contribution in [1.29, 1.82) is 0 Å². The summed E-state index contributed by atoms with van der Waals surface area (Å²) in [5, 5.41) is 2.93. The van der Waals surface area contributed by atoms with E-state index in [0.29, 0.717) is 16.9 Å². The summed E-state index contributed by atoms with van der Waals surface area (Å²) in [6, 6.07) is -0.158. The van der Waals surface area contributed by atoms with Gasteiger partial charge in [0.1, 0.15) is 0 Å². The Morgan fingerprint density at radius 2 is 1.68 bits per heavy atom. The number of hydrogen-bond acceptors (Lipinski definition) is 4. The van der Waals surface area contributed by atoms with Gasteiger partial charge in [0.2, 0.25) is 5.91 Å². The number of sulfone groups is 1.